The van der Waals surface area contributed by atoms with Crippen molar-refractivity contribution in [1.82, 2.24) is 15.2 Å². The van der Waals surface area contributed by atoms with Crippen LogP contribution in [0.25, 0.3) is 0 Å². The summed E-state index contributed by atoms with van der Waals surface area (Å²) in [6.07, 6.45) is -0.291. The van der Waals surface area contributed by atoms with E-state index in [2.05, 4.69) is 15.3 Å². The second-order valence-corrected chi connectivity index (χ2v) is 6.28. The molecule has 2 rings (SSSR count). The first-order valence-corrected chi connectivity index (χ1v) is 7.50. The Labute approximate surface area is 122 Å². The number of carbonyl (C=O) groups excluding carboxylic acids is 1. The van der Waals surface area contributed by atoms with Gasteiger partial charge in [-0.25, -0.2) is 9.78 Å². The zero-order chi connectivity index (χ0) is 14.6. The summed E-state index contributed by atoms with van der Waals surface area (Å²) in [5.41, 5.74) is 2.30. The van der Waals surface area contributed by atoms with Gasteiger partial charge in [0, 0.05) is 11.9 Å². The smallest absolute Gasteiger partial charge is 0.410 e. The molecule has 0 spiro atoms. The third-order valence-corrected chi connectivity index (χ3v) is 3.26. The number of aromatic nitrogens is 1. The number of nitrogens with one attached hydrogen (secondary N) is 1. The molecule has 0 aromatic carbocycles. The van der Waals surface area contributed by atoms with E-state index >= 15 is 0 Å². The number of hydrogen-bond acceptors (Lipinski definition) is 6. The molecule has 1 aromatic rings. The van der Waals surface area contributed by atoms with Crippen LogP contribution in [0.5, 0.6) is 0 Å². The third-order valence-electron chi connectivity index (χ3n) is 2.62. The van der Waals surface area contributed by atoms with E-state index in [9.17, 15) is 4.79 Å². The van der Waals surface area contributed by atoms with Crippen molar-refractivity contribution in [3.8, 4) is 0 Å². The molecule has 0 radical (unpaired) electrons. The van der Waals surface area contributed by atoms with E-state index in [0.717, 1.165) is 11.5 Å². The zero-order valence-corrected chi connectivity index (χ0v) is 12.9. The summed E-state index contributed by atoms with van der Waals surface area (Å²) in [7, 11) is 0. The second kappa shape index (κ2) is 6.21. The molecule has 2 heterocycles. The fraction of sp³-hybridized carbons (Fsp3) is 0.615. The maximum Gasteiger partial charge on any atom is 0.410 e. The molecule has 7 heteroatoms. The summed E-state index contributed by atoms with van der Waals surface area (Å²) in [4.78, 5) is 22.3. The predicted molar refractivity (Wildman–Crippen MR) is 79.1 cm³/mol. The minimum atomic E-state index is -0.472. The minimum absolute atomic E-state index is 0.291. The Morgan fingerprint density at radius 2 is 2.35 bits per heavy atom. The van der Waals surface area contributed by atoms with E-state index in [1.54, 1.807) is 21.7 Å². The van der Waals surface area contributed by atoms with Gasteiger partial charge in [0.2, 0.25) is 0 Å². The summed E-state index contributed by atoms with van der Waals surface area (Å²) in [6, 6.07) is 0. The first-order chi connectivity index (χ1) is 9.44. The van der Waals surface area contributed by atoms with Gasteiger partial charge in [0.15, 0.2) is 0 Å². The zero-order valence-electron chi connectivity index (χ0n) is 12.0. The van der Waals surface area contributed by atoms with Crippen molar-refractivity contribution < 1.29 is 9.53 Å². The molecule has 6 nitrogen and oxygen atoms in total. The summed E-state index contributed by atoms with van der Waals surface area (Å²) < 4.78 is 5.37. The molecule has 1 aliphatic rings. The molecule has 1 aromatic heterocycles. The van der Waals surface area contributed by atoms with Gasteiger partial charge >= 0.3 is 6.09 Å². The summed E-state index contributed by atoms with van der Waals surface area (Å²) in [5, 5.41) is 5.20. The van der Waals surface area contributed by atoms with Crippen LogP contribution < -0.4 is 5.32 Å². The molecule has 0 bridgehead atoms. The molecule has 0 aliphatic carbocycles. The fourth-order valence-electron chi connectivity index (χ4n) is 1.73. The van der Waals surface area contributed by atoms with E-state index < -0.39 is 5.60 Å². The highest BCUT2D eigenvalue weighted by Gasteiger charge is 2.24. The number of aliphatic imine (C=N–C) groups is 1. The fourth-order valence-corrected chi connectivity index (χ4v) is 2.29. The third kappa shape index (κ3) is 4.48. The second-order valence-electron chi connectivity index (χ2n) is 5.56. The summed E-state index contributed by atoms with van der Waals surface area (Å²) in [5.74, 6) is 0.801. The van der Waals surface area contributed by atoms with E-state index in [-0.39, 0.29) is 6.09 Å². The van der Waals surface area contributed by atoms with Crippen LogP contribution >= 0.6 is 11.3 Å². The van der Waals surface area contributed by atoms with Crippen molar-refractivity contribution >= 4 is 23.3 Å². The number of amidine groups is 1. The van der Waals surface area contributed by atoms with E-state index in [1.165, 1.54) is 0 Å². The van der Waals surface area contributed by atoms with Gasteiger partial charge in [0.05, 0.1) is 30.8 Å². The molecular formula is C13H20N4O2S. The van der Waals surface area contributed by atoms with Crippen LogP contribution in [0, 0.1) is 0 Å². The lowest BCUT2D eigenvalue weighted by Gasteiger charge is -2.29. The van der Waals surface area contributed by atoms with E-state index in [0.29, 0.717) is 26.2 Å². The molecule has 0 atom stereocenters. The number of rotatable bonds is 2. The van der Waals surface area contributed by atoms with Crippen LogP contribution in [0.15, 0.2) is 15.9 Å². The van der Waals surface area contributed by atoms with Crippen LogP contribution in [0.4, 0.5) is 4.79 Å². The van der Waals surface area contributed by atoms with E-state index in [4.69, 9.17) is 4.74 Å². The SMILES string of the molecule is CC(C)(C)OC(=O)N1CCN=C(NCc2cscn2)C1. The number of nitrogens with zero attached hydrogens (tertiary/aromatic N) is 3. The highest BCUT2D eigenvalue weighted by Crippen LogP contribution is 2.11. The molecule has 0 saturated heterocycles. The van der Waals surface area contributed by atoms with Crippen LogP contribution in [0.3, 0.4) is 0 Å². The Hall–Kier alpha value is -1.63. The van der Waals surface area contributed by atoms with Crippen LogP contribution in [-0.4, -0.2) is 47.0 Å². The van der Waals surface area contributed by atoms with Crippen molar-refractivity contribution in [1.29, 1.82) is 0 Å². The largest absolute Gasteiger partial charge is 0.444 e. The number of amides is 1. The van der Waals surface area contributed by atoms with Crippen molar-refractivity contribution in [2.24, 2.45) is 4.99 Å². The summed E-state index contributed by atoms with van der Waals surface area (Å²) >= 11 is 1.56. The van der Waals surface area contributed by atoms with Crippen LogP contribution in [0.1, 0.15) is 26.5 Å². The topological polar surface area (TPSA) is 66.8 Å². The molecule has 0 fully saturated rings. The van der Waals surface area contributed by atoms with Gasteiger partial charge in [-0.15, -0.1) is 11.3 Å². The molecule has 20 heavy (non-hydrogen) atoms. The van der Waals surface area contributed by atoms with Crippen LogP contribution in [-0.2, 0) is 11.3 Å². The van der Waals surface area contributed by atoms with Crippen molar-refractivity contribution in [3.63, 3.8) is 0 Å². The molecule has 1 aliphatic heterocycles. The number of thiazole rings is 1. The van der Waals surface area contributed by atoms with Gasteiger partial charge in [-0.1, -0.05) is 0 Å². The highest BCUT2D eigenvalue weighted by atomic mass is 32.1. The first kappa shape index (κ1) is 14.8. The highest BCUT2D eigenvalue weighted by molar-refractivity contribution is 7.07. The quantitative estimate of drug-likeness (QED) is 0.905. The lowest BCUT2D eigenvalue weighted by atomic mass is 10.2. The van der Waals surface area contributed by atoms with Crippen molar-refractivity contribution in [3.05, 3.63) is 16.6 Å². The Morgan fingerprint density at radius 1 is 1.55 bits per heavy atom. The minimum Gasteiger partial charge on any atom is -0.444 e. The average Bonchev–Trinajstić information content (AvgIpc) is 2.88. The maximum absolute atomic E-state index is 12.0. The molecule has 0 saturated carbocycles. The van der Waals surface area contributed by atoms with E-state index in [1.807, 2.05) is 26.2 Å². The Bertz CT molecular complexity index is 479. The van der Waals surface area contributed by atoms with Gasteiger partial charge in [-0.05, 0) is 20.8 Å². The molecule has 0 unspecified atom stereocenters. The Balaban J connectivity index is 1.84. The standard InChI is InChI=1S/C13H20N4O2S/c1-13(2,3)19-12(18)17-5-4-14-11(7-17)15-6-10-8-20-9-16-10/h8-9H,4-7H2,1-3H3,(H,14,15). The Morgan fingerprint density at radius 3 is 3.00 bits per heavy atom. The van der Waals surface area contributed by atoms with Gasteiger partial charge in [-0.3, -0.25) is 9.89 Å². The van der Waals surface area contributed by atoms with Gasteiger partial charge in [-0.2, -0.15) is 0 Å². The normalized spacial score (nSPS) is 15.8. The van der Waals surface area contributed by atoms with Crippen molar-refractivity contribution in [2.75, 3.05) is 19.6 Å². The molecule has 110 valence electrons. The van der Waals surface area contributed by atoms with Crippen LogP contribution in [0.2, 0.25) is 0 Å². The lowest BCUT2D eigenvalue weighted by Crippen LogP contribution is -2.47. The number of hydrogen-bond donors (Lipinski definition) is 1. The monoisotopic (exact) mass is 296 g/mol. The van der Waals surface area contributed by atoms with Gasteiger partial charge in [0.25, 0.3) is 0 Å². The molecule has 1 amide bonds. The first-order valence-electron chi connectivity index (χ1n) is 6.56. The van der Waals surface area contributed by atoms with Gasteiger partial charge in [0.1, 0.15) is 11.4 Å². The number of carbonyl (C=O) groups is 1. The number of ether oxygens (including phenoxy) is 1. The van der Waals surface area contributed by atoms with Crippen molar-refractivity contribution in [2.45, 2.75) is 32.9 Å². The lowest BCUT2D eigenvalue weighted by molar-refractivity contribution is 0.0276. The molecular weight excluding hydrogens is 276 g/mol. The van der Waals surface area contributed by atoms with Gasteiger partial charge < -0.3 is 10.1 Å². The predicted octanol–water partition coefficient (Wildman–Crippen LogP) is 1.88. The molecule has 1 N–H and O–H groups in total. The maximum atomic E-state index is 12.0. The summed E-state index contributed by atoms with van der Waals surface area (Å²) in [6.45, 7) is 7.87. The average molecular weight is 296 g/mol. The Kier molecular flexibility index (Phi) is 4.59.